The molecule has 1 N–H and O–H groups in total. The third kappa shape index (κ3) is 5.71. The van der Waals surface area contributed by atoms with E-state index in [9.17, 15) is 4.79 Å². The number of carbonyl (C=O) groups is 1. The third-order valence-corrected chi connectivity index (χ3v) is 6.32. The largest absolute Gasteiger partial charge is 0.489 e. The number of aryl methyl sites for hydroxylation is 1. The van der Waals surface area contributed by atoms with Gasteiger partial charge in [0.05, 0.1) is 4.88 Å². The second-order valence-corrected chi connectivity index (χ2v) is 8.82. The van der Waals surface area contributed by atoms with Gasteiger partial charge in [0.2, 0.25) is 0 Å². The van der Waals surface area contributed by atoms with Gasteiger partial charge in [0, 0.05) is 17.8 Å². The summed E-state index contributed by atoms with van der Waals surface area (Å²) < 4.78 is 5.83. The monoisotopic (exact) mass is 420 g/mol. The van der Waals surface area contributed by atoms with Crippen molar-refractivity contribution in [3.05, 3.63) is 81.5 Å². The van der Waals surface area contributed by atoms with E-state index in [-0.39, 0.29) is 5.91 Å². The molecule has 0 aliphatic carbocycles. The molecule has 1 aromatic heterocycles. The SMILES string of the molecule is Cc1cccc(OCc2csc(C(=O)Nc3ccc(CN4CCCCC4)cc3)c2)c1. The predicted octanol–water partition coefficient (Wildman–Crippen LogP) is 5.87. The lowest BCUT2D eigenvalue weighted by atomic mass is 10.1. The van der Waals surface area contributed by atoms with Gasteiger partial charge >= 0.3 is 0 Å². The Kier molecular flexibility index (Phi) is 6.82. The van der Waals surface area contributed by atoms with Gasteiger partial charge in [-0.15, -0.1) is 11.3 Å². The molecule has 5 heteroatoms. The zero-order valence-electron chi connectivity index (χ0n) is 17.4. The van der Waals surface area contributed by atoms with Crippen LogP contribution in [0.25, 0.3) is 0 Å². The van der Waals surface area contributed by atoms with Crippen molar-refractivity contribution in [3.63, 3.8) is 0 Å². The molecule has 1 aliphatic rings. The fraction of sp³-hybridized carbons (Fsp3) is 0.320. The van der Waals surface area contributed by atoms with E-state index >= 15 is 0 Å². The van der Waals surface area contributed by atoms with Gasteiger partial charge in [-0.3, -0.25) is 9.69 Å². The molecule has 1 amide bonds. The molecule has 2 aromatic carbocycles. The number of amides is 1. The molecular weight excluding hydrogens is 392 g/mol. The average Bonchev–Trinajstić information content (AvgIpc) is 3.24. The van der Waals surface area contributed by atoms with Gasteiger partial charge in [-0.05, 0) is 79.7 Å². The maximum Gasteiger partial charge on any atom is 0.265 e. The molecule has 4 rings (SSSR count). The molecule has 2 heterocycles. The number of nitrogens with one attached hydrogen (secondary N) is 1. The molecule has 0 radical (unpaired) electrons. The van der Waals surface area contributed by atoms with Crippen LogP contribution in [-0.2, 0) is 13.2 Å². The normalized spacial score (nSPS) is 14.4. The zero-order valence-corrected chi connectivity index (χ0v) is 18.2. The van der Waals surface area contributed by atoms with Crippen LogP contribution in [0.3, 0.4) is 0 Å². The third-order valence-electron chi connectivity index (χ3n) is 5.34. The smallest absolute Gasteiger partial charge is 0.265 e. The second kappa shape index (κ2) is 9.92. The second-order valence-electron chi connectivity index (χ2n) is 7.91. The summed E-state index contributed by atoms with van der Waals surface area (Å²) in [6.45, 7) is 5.86. The predicted molar refractivity (Wildman–Crippen MR) is 123 cm³/mol. The molecule has 156 valence electrons. The number of thiophene rings is 1. The standard InChI is InChI=1S/C25H28N2O2S/c1-19-6-5-7-23(14-19)29-17-21-15-24(30-18-21)25(28)26-22-10-8-20(9-11-22)16-27-12-3-2-4-13-27/h5-11,14-15,18H,2-4,12-13,16-17H2,1H3,(H,26,28). The van der Waals surface area contributed by atoms with E-state index in [4.69, 9.17) is 4.74 Å². The number of nitrogens with zero attached hydrogens (tertiary/aromatic N) is 1. The van der Waals surface area contributed by atoms with E-state index in [2.05, 4.69) is 22.3 Å². The van der Waals surface area contributed by atoms with Crippen molar-refractivity contribution in [2.75, 3.05) is 18.4 Å². The van der Waals surface area contributed by atoms with Crippen molar-refractivity contribution < 1.29 is 9.53 Å². The Hall–Kier alpha value is -2.63. The summed E-state index contributed by atoms with van der Waals surface area (Å²) in [5, 5.41) is 4.98. The van der Waals surface area contributed by atoms with E-state index in [1.807, 2.05) is 54.8 Å². The first-order valence-electron chi connectivity index (χ1n) is 10.6. The van der Waals surface area contributed by atoms with Crippen molar-refractivity contribution in [3.8, 4) is 5.75 Å². The van der Waals surface area contributed by atoms with Crippen molar-refractivity contribution in [2.24, 2.45) is 0 Å². The summed E-state index contributed by atoms with van der Waals surface area (Å²) in [6, 6.07) is 18.1. The minimum atomic E-state index is -0.0782. The number of hydrogen-bond donors (Lipinski definition) is 1. The van der Waals surface area contributed by atoms with Crippen LogP contribution in [0.5, 0.6) is 5.75 Å². The van der Waals surface area contributed by atoms with Crippen LogP contribution in [0, 0.1) is 6.92 Å². The van der Waals surface area contributed by atoms with E-state index in [1.165, 1.54) is 54.8 Å². The fourth-order valence-electron chi connectivity index (χ4n) is 3.70. The van der Waals surface area contributed by atoms with Crippen LogP contribution < -0.4 is 10.1 Å². The number of hydrogen-bond acceptors (Lipinski definition) is 4. The van der Waals surface area contributed by atoms with Crippen LogP contribution in [0.4, 0.5) is 5.69 Å². The van der Waals surface area contributed by atoms with E-state index in [1.54, 1.807) is 0 Å². The molecular formula is C25H28N2O2S. The summed E-state index contributed by atoms with van der Waals surface area (Å²) in [5.41, 5.74) is 4.29. The topological polar surface area (TPSA) is 41.6 Å². The van der Waals surface area contributed by atoms with Crippen LogP contribution in [0.1, 0.15) is 45.6 Å². The van der Waals surface area contributed by atoms with Crippen molar-refractivity contribution in [1.82, 2.24) is 4.90 Å². The Balaban J connectivity index is 1.29. The molecule has 4 nitrogen and oxygen atoms in total. The molecule has 1 fully saturated rings. The highest BCUT2D eigenvalue weighted by Crippen LogP contribution is 2.21. The minimum absolute atomic E-state index is 0.0782. The number of rotatable bonds is 7. The molecule has 0 bridgehead atoms. The molecule has 1 saturated heterocycles. The number of ether oxygens (including phenoxy) is 1. The first kappa shape index (κ1) is 20.6. The van der Waals surface area contributed by atoms with Crippen LogP contribution in [-0.4, -0.2) is 23.9 Å². The van der Waals surface area contributed by atoms with Gasteiger partial charge in [-0.25, -0.2) is 0 Å². The van der Waals surface area contributed by atoms with E-state index < -0.39 is 0 Å². The van der Waals surface area contributed by atoms with Gasteiger partial charge in [-0.2, -0.15) is 0 Å². The first-order chi connectivity index (χ1) is 14.7. The zero-order chi connectivity index (χ0) is 20.8. The highest BCUT2D eigenvalue weighted by atomic mass is 32.1. The quantitative estimate of drug-likeness (QED) is 0.519. The van der Waals surface area contributed by atoms with Crippen LogP contribution in [0.15, 0.2) is 60.0 Å². The molecule has 1 aliphatic heterocycles. The number of piperidine rings is 1. The van der Waals surface area contributed by atoms with Crippen molar-refractivity contribution in [2.45, 2.75) is 39.3 Å². The summed E-state index contributed by atoms with van der Waals surface area (Å²) in [6.07, 6.45) is 3.95. The molecule has 0 unspecified atom stereocenters. The van der Waals surface area contributed by atoms with Gasteiger partial charge in [-0.1, -0.05) is 30.7 Å². The number of anilines is 1. The first-order valence-corrected chi connectivity index (χ1v) is 11.4. The molecule has 0 saturated carbocycles. The summed E-state index contributed by atoms with van der Waals surface area (Å²) in [4.78, 5) is 15.8. The van der Waals surface area contributed by atoms with Crippen LogP contribution >= 0.6 is 11.3 Å². The number of benzene rings is 2. The molecule has 30 heavy (non-hydrogen) atoms. The Morgan fingerprint density at radius 2 is 1.83 bits per heavy atom. The fourth-order valence-corrected chi connectivity index (χ4v) is 4.50. The van der Waals surface area contributed by atoms with Crippen molar-refractivity contribution in [1.29, 1.82) is 0 Å². The maximum atomic E-state index is 12.6. The minimum Gasteiger partial charge on any atom is -0.489 e. The van der Waals surface area contributed by atoms with E-state index in [0.717, 1.165) is 23.5 Å². The highest BCUT2D eigenvalue weighted by Gasteiger charge is 2.12. The Morgan fingerprint density at radius 3 is 2.60 bits per heavy atom. The summed E-state index contributed by atoms with van der Waals surface area (Å²) >= 11 is 1.44. The van der Waals surface area contributed by atoms with Crippen LogP contribution in [0.2, 0.25) is 0 Å². The van der Waals surface area contributed by atoms with Crippen molar-refractivity contribution >= 4 is 22.9 Å². The van der Waals surface area contributed by atoms with Gasteiger partial charge in [0.25, 0.3) is 5.91 Å². The number of carbonyl (C=O) groups excluding carboxylic acids is 1. The lowest BCUT2D eigenvalue weighted by molar-refractivity contribution is 0.103. The molecule has 3 aromatic rings. The van der Waals surface area contributed by atoms with Gasteiger partial charge in [0.1, 0.15) is 12.4 Å². The molecule has 0 spiro atoms. The maximum absolute atomic E-state index is 12.6. The Labute approximate surface area is 182 Å². The average molecular weight is 421 g/mol. The van der Waals surface area contributed by atoms with Gasteiger partial charge in [0.15, 0.2) is 0 Å². The van der Waals surface area contributed by atoms with Gasteiger partial charge < -0.3 is 10.1 Å². The summed E-state index contributed by atoms with van der Waals surface area (Å²) in [5.74, 6) is 0.766. The highest BCUT2D eigenvalue weighted by molar-refractivity contribution is 7.12. The lowest BCUT2D eigenvalue weighted by Crippen LogP contribution is -2.29. The molecule has 0 atom stereocenters. The Morgan fingerprint density at radius 1 is 1.03 bits per heavy atom. The summed E-state index contributed by atoms with van der Waals surface area (Å²) in [7, 11) is 0. The lowest BCUT2D eigenvalue weighted by Gasteiger charge is -2.26. The Bertz CT molecular complexity index is 975. The number of likely N-dealkylation sites (tertiary alicyclic amines) is 1. The van der Waals surface area contributed by atoms with E-state index in [0.29, 0.717) is 11.5 Å².